The van der Waals surface area contributed by atoms with Gasteiger partial charge in [-0.25, -0.2) is 9.78 Å². The van der Waals surface area contributed by atoms with Gasteiger partial charge in [0.1, 0.15) is 5.60 Å². The van der Waals surface area contributed by atoms with Crippen molar-refractivity contribution < 1.29 is 9.53 Å². The van der Waals surface area contributed by atoms with Crippen LogP contribution in [0.15, 0.2) is 34.9 Å². The van der Waals surface area contributed by atoms with E-state index >= 15 is 0 Å². The number of benzene rings is 1. The number of amides is 1. The highest BCUT2D eigenvalue weighted by atomic mass is 79.9. The van der Waals surface area contributed by atoms with Crippen LogP contribution in [0.25, 0.3) is 11.3 Å². The molecule has 0 aliphatic carbocycles. The molecule has 5 nitrogen and oxygen atoms in total. The van der Waals surface area contributed by atoms with Crippen LogP contribution in [0.3, 0.4) is 0 Å². The molecule has 1 heterocycles. The van der Waals surface area contributed by atoms with Crippen molar-refractivity contribution in [2.24, 2.45) is 0 Å². The van der Waals surface area contributed by atoms with Crippen molar-refractivity contribution in [1.82, 2.24) is 9.97 Å². The van der Waals surface area contributed by atoms with E-state index in [4.69, 9.17) is 4.74 Å². The van der Waals surface area contributed by atoms with Gasteiger partial charge in [-0.15, -0.1) is 0 Å². The summed E-state index contributed by atoms with van der Waals surface area (Å²) in [5.41, 5.74) is 1.16. The number of H-pyrrole nitrogens is 1. The Bertz CT molecular complexity index is 617. The number of hydrogen-bond acceptors (Lipinski definition) is 3. The largest absolute Gasteiger partial charge is 0.444 e. The highest BCUT2D eigenvalue weighted by Crippen LogP contribution is 2.22. The van der Waals surface area contributed by atoms with Crippen molar-refractivity contribution in [3.8, 4) is 11.3 Å². The Hall–Kier alpha value is -1.82. The van der Waals surface area contributed by atoms with Crippen molar-refractivity contribution in [2.75, 3.05) is 5.32 Å². The Morgan fingerprint density at radius 3 is 2.80 bits per heavy atom. The summed E-state index contributed by atoms with van der Waals surface area (Å²) in [6, 6.07) is 7.76. The SMILES string of the molecule is CC(C)(C)OC(=O)Nc1nc(-c2cccc(Br)c2)c[nH]1. The smallest absolute Gasteiger partial charge is 0.414 e. The Balaban J connectivity index is 2.08. The molecule has 0 saturated heterocycles. The first-order valence-corrected chi connectivity index (χ1v) is 6.94. The van der Waals surface area contributed by atoms with Crippen LogP contribution in [0, 0.1) is 0 Å². The second-order valence-electron chi connectivity index (χ2n) is 5.27. The molecule has 20 heavy (non-hydrogen) atoms. The number of nitrogens with one attached hydrogen (secondary N) is 2. The number of halogens is 1. The number of aromatic nitrogens is 2. The molecular formula is C14H16BrN3O2. The molecular weight excluding hydrogens is 322 g/mol. The quantitative estimate of drug-likeness (QED) is 0.863. The summed E-state index contributed by atoms with van der Waals surface area (Å²) < 4.78 is 6.13. The molecule has 0 aliphatic rings. The van der Waals surface area contributed by atoms with Crippen molar-refractivity contribution >= 4 is 28.0 Å². The van der Waals surface area contributed by atoms with Gasteiger partial charge in [-0.1, -0.05) is 28.1 Å². The van der Waals surface area contributed by atoms with E-state index in [0.29, 0.717) is 5.95 Å². The molecule has 0 unspecified atom stereocenters. The van der Waals surface area contributed by atoms with Crippen LogP contribution in [0.1, 0.15) is 20.8 Å². The number of carbonyl (C=O) groups is 1. The lowest BCUT2D eigenvalue weighted by atomic mass is 10.2. The number of rotatable bonds is 2. The number of ether oxygens (including phenoxy) is 1. The molecule has 106 valence electrons. The van der Waals surface area contributed by atoms with E-state index in [0.717, 1.165) is 15.7 Å². The van der Waals surface area contributed by atoms with Crippen LogP contribution in [-0.2, 0) is 4.74 Å². The predicted octanol–water partition coefficient (Wildman–Crippen LogP) is 4.19. The van der Waals surface area contributed by atoms with E-state index < -0.39 is 11.7 Å². The minimum atomic E-state index is -0.538. The fraction of sp³-hybridized carbons (Fsp3) is 0.286. The number of imidazole rings is 1. The summed E-state index contributed by atoms with van der Waals surface area (Å²) in [6.45, 7) is 5.42. The molecule has 1 amide bonds. The maximum atomic E-state index is 11.6. The van der Waals surface area contributed by atoms with Crippen LogP contribution >= 0.6 is 15.9 Å². The molecule has 6 heteroatoms. The van der Waals surface area contributed by atoms with Gasteiger partial charge in [-0.2, -0.15) is 0 Å². The average molecular weight is 338 g/mol. The maximum Gasteiger partial charge on any atom is 0.414 e. The first-order chi connectivity index (χ1) is 9.33. The van der Waals surface area contributed by atoms with E-state index in [1.165, 1.54) is 0 Å². The van der Waals surface area contributed by atoms with Gasteiger partial charge in [-0.3, -0.25) is 5.32 Å². The van der Waals surface area contributed by atoms with Crippen LogP contribution < -0.4 is 5.32 Å². The molecule has 0 bridgehead atoms. The number of aromatic amines is 1. The van der Waals surface area contributed by atoms with Gasteiger partial charge < -0.3 is 9.72 Å². The third-order valence-electron chi connectivity index (χ3n) is 2.32. The van der Waals surface area contributed by atoms with Gasteiger partial charge in [0.25, 0.3) is 0 Å². The highest BCUT2D eigenvalue weighted by molar-refractivity contribution is 9.10. The Morgan fingerprint density at radius 1 is 1.40 bits per heavy atom. The second-order valence-corrected chi connectivity index (χ2v) is 6.19. The van der Waals surface area contributed by atoms with Gasteiger partial charge in [0.2, 0.25) is 5.95 Å². The van der Waals surface area contributed by atoms with E-state index in [2.05, 4.69) is 31.2 Å². The molecule has 0 fully saturated rings. The molecule has 1 aromatic heterocycles. The Morgan fingerprint density at radius 2 is 2.15 bits per heavy atom. The third-order valence-corrected chi connectivity index (χ3v) is 2.81. The van der Waals surface area contributed by atoms with Crippen LogP contribution in [-0.4, -0.2) is 21.7 Å². The van der Waals surface area contributed by atoms with Gasteiger partial charge in [0, 0.05) is 16.2 Å². The lowest BCUT2D eigenvalue weighted by Gasteiger charge is -2.18. The first-order valence-electron chi connectivity index (χ1n) is 6.15. The summed E-state index contributed by atoms with van der Waals surface area (Å²) in [5.74, 6) is 0.356. The fourth-order valence-electron chi connectivity index (χ4n) is 1.58. The molecule has 0 spiro atoms. The zero-order valence-electron chi connectivity index (χ0n) is 11.5. The van der Waals surface area contributed by atoms with Crippen molar-refractivity contribution in [3.05, 3.63) is 34.9 Å². The number of anilines is 1. The summed E-state index contributed by atoms with van der Waals surface area (Å²) in [7, 11) is 0. The molecule has 0 atom stereocenters. The van der Waals surface area contributed by atoms with Gasteiger partial charge in [-0.05, 0) is 32.9 Å². The van der Waals surface area contributed by atoms with Crippen LogP contribution in [0.4, 0.5) is 10.7 Å². The third kappa shape index (κ3) is 4.09. The van der Waals surface area contributed by atoms with Crippen molar-refractivity contribution in [3.63, 3.8) is 0 Å². The van der Waals surface area contributed by atoms with E-state index in [9.17, 15) is 4.79 Å². The molecule has 0 aliphatic heterocycles. The molecule has 0 saturated carbocycles. The topological polar surface area (TPSA) is 67.0 Å². The maximum absolute atomic E-state index is 11.6. The Kier molecular flexibility index (Phi) is 4.13. The van der Waals surface area contributed by atoms with E-state index in [1.807, 2.05) is 45.0 Å². The minimum Gasteiger partial charge on any atom is -0.444 e. The summed E-state index contributed by atoms with van der Waals surface area (Å²) >= 11 is 3.41. The summed E-state index contributed by atoms with van der Waals surface area (Å²) in [6.07, 6.45) is 1.20. The minimum absolute atomic E-state index is 0.356. The predicted molar refractivity (Wildman–Crippen MR) is 81.6 cm³/mol. The highest BCUT2D eigenvalue weighted by Gasteiger charge is 2.17. The monoisotopic (exact) mass is 337 g/mol. The van der Waals surface area contributed by atoms with Crippen LogP contribution in [0.2, 0.25) is 0 Å². The number of hydrogen-bond donors (Lipinski definition) is 2. The van der Waals surface area contributed by atoms with Crippen molar-refractivity contribution in [2.45, 2.75) is 26.4 Å². The molecule has 1 aromatic carbocycles. The van der Waals surface area contributed by atoms with Crippen LogP contribution in [0.5, 0.6) is 0 Å². The van der Waals surface area contributed by atoms with Gasteiger partial charge in [0.15, 0.2) is 0 Å². The van der Waals surface area contributed by atoms with E-state index in [1.54, 1.807) is 6.20 Å². The summed E-state index contributed by atoms with van der Waals surface area (Å²) in [4.78, 5) is 18.8. The zero-order valence-corrected chi connectivity index (χ0v) is 13.1. The molecule has 2 N–H and O–H groups in total. The fourth-order valence-corrected chi connectivity index (χ4v) is 1.98. The normalized spacial score (nSPS) is 11.2. The zero-order chi connectivity index (χ0) is 14.8. The number of carbonyl (C=O) groups excluding carboxylic acids is 1. The van der Waals surface area contributed by atoms with Gasteiger partial charge in [0.05, 0.1) is 5.69 Å². The first kappa shape index (κ1) is 14.6. The average Bonchev–Trinajstić information content (AvgIpc) is 2.74. The lowest BCUT2D eigenvalue weighted by molar-refractivity contribution is 0.0635. The molecule has 0 radical (unpaired) electrons. The lowest BCUT2D eigenvalue weighted by Crippen LogP contribution is -2.27. The van der Waals surface area contributed by atoms with Gasteiger partial charge >= 0.3 is 6.09 Å². The molecule has 2 rings (SSSR count). The van der Waals surface area contributed by atoms with E-state index in [-0.39, 0.29) is 0 Å². The van der Waals surface area contributed by atoms with Crippen molar-refractivity contribution in [1.29, 1.82) is 0 Å². The molecule has 2 aromatic rings. The standard InChI is InChI=1S/C14H16BrN3O2/c1-14(2,3)20-13(19)18-12-16-8-11(17-12)9-5-4-6-10(15)7-9/h4-8H,1-3H3,(H2,16,17,18,19). The Labute approximate surface area is 125 Å². The second kappa shape index (κ2) is 5.66. The summed E-state index contributed by atoms with van der Waals surface area (Å²) in [5, 5.41) is 2.56. The number of nitrogens with zero attached hydrogens (tertiary/aromatic N) is 1.